The fourth-order valence-electron chi connectivity index (χ4n) is 2.61. The zero-order valence-corrected chi connectivity index (χ0v) is 11.7. The Morgan fingerprint density at radius 3 is 2.47 bits per heavy atom. The van der Waals surface area contributed by atoms with Gasteiger partial charge in [0.15, 0.2) is 0 Å². The minimum absolute atomic E-state index is 0.635. The fraction of sp³-hybridized carbons (Fsp3) is 0.625. The van der Waals surface area contributed by atoms with E-state index in [0.29, 0.717) is 12.0 Å². The molecule has 0 aromatic heterocycles. The summed E-state index contributed by atoms with van der Waals surface area (Å²) in [5.74, 6) is 0.635. The summed E-state index contributed by atoms with van der Waals surface area (Å²) >= 11 is 0. The molecule has 1 nitrogen and oxygen atoms in total. The standard InChI is InChI=1S/C16H25N/c1-12(2)15-8-7-14-6-5-9-17(13(3)4)11-16(14)10-15/h7-8,10,12-13H,5-6,9,11H2,1-4H3. The van der Waals surface area contributed by atoms with Crippen LogP contribution < -0.4 is 0 Å². The van der Waals surface area contributed by atoms with Crippen molar-refractivity contribution in [3.8, 4) is 0 Å². The van der Waals surface area contributed by atoms with E-state index in [1.807, 2.05) is 0 Å². The Morgan fingerprint density at radius 2 is 1.82 bits per heavy atom. The van der Waals surface area contributed by atoms with E-state index in [9.17, 15) is 0 Å². The van der Waals surface area contributed by atoms with Gasteiger partial charge in [0.1, 0.15) is 0 Å². The third-order valence-corrected chi connectivity index (χ3v) is 3.89. The molecule has 0 atom stereocenters. The quantitative estimate of drug-likeness (QED) is 0.744. The monoisotopic (exact) mass is 231 g/mol. The molecule has 0 saturated heterocycles. The van der Waals surface area contributed by atoms with Crippen molar-refractivity contribution in [3.63, 3.8) is 0 Å². The van der Waals surface area contributed by atoms with E-state index >= 15 is 0 Å². The lowest BCUT2D eigenvalue weighted by Gasteiger charge is -2.25. The van der Waals surface area contributed by atoms with Crippen LogP contribution in [-0.4, -0.2) is 17.5 Å². The Kier molecular flexibility index (Phi) is 3.88. The minimum Gasteiger partial charge on any atom is -0.297 e. The van der Waals surface area contributed by atoms with Gasteiger partial charge in [-0.1, -0.05) is 32.0 Å². The summed E-state index contributed by atoms with van der Waals surface area (Å²) in [5, 5.41) is 0. The van der Waals surface area contributed by atoms with Gasteiger partial charge in [0.2, 0.25) is 0 Å². The van der Waals surface area contributed by atoms with E-state index in [1.54, 1.807) is 11.1 Å². The fourth-order valence-corrected chi connectivity index (χ4v) is 2.61. The summed E-state index contributed by atoms with van der Waals surface area (Å²) in [4.78, 5) is 2.59. The molecule has 0 N–H and O–H groups in total. The highest BCUT2D eigenvalue weighted by atomic mass is 15.1. The molecule has 1 aromatic rings. The van der Waals surface area contributed by atoms with E-state index in [2.05, 4.69) is 50.8 Å². The predicted molar refractivity (Wildman–Crippen MR) is 74.4 cm³/mol. The van der Waals surface area contributed by atoms with Crippen molar-refractivity contribution in [1.29, 1.82) is 0 Å². The Balaban J connectivity index is 2.28. The molecule has 1 heteroatoms. The summed E-state index contributed by atoms with van der Waals surface area (Å²) in [5.41, 5.74) is 4.61. The topological polar surface area (TPSA) is 3.24 Å². The first-order valence-electron chi connectivity index (χ1n) is 6.93. The van der Waals surface area contributed by atoms with Crippen LogP contribution in [0.4, 0.5) is 0 Å². The highest BCUT2D eigenvalue weighted by Gasteiger charge is 2.17. The van der Waals surface area contributed by atoms with Crippen LogP contribution in [-0.2, 0) is 13.0 Å². The molecule has 0 spiro atoms. The summed E-state index contributed by atoms with van der Waals surface area (Å²) in [7, 11) is 0. The lowest BCUT2D eigenvalue weighted by molar-refractivity contribution is 0.216. The van der Waals surface area contributed by atoms with Crippen LogP contribution in [0.15, 0.2) is 18.2 Å². The lowest BCUT2D eigenvalue weighted by Crippen LogP contribution is -2.30. The van der Waals surface area contributed by atoms with Crippen LogP contribution in [0.1, 0.15) is 56.7 Å². The molecular weight excluding hydrogens is 206 g/mol. The van der Waals surface area contributed by atoms with Gasteiger partial charge < -0.3 is 0 Å². The number of fused-ring (bicyclic) bond motifs is 1. The van der Waals surface area contributed by atoms with Gasteiger partial charge in [-0.25, -0.2) is 0 Å². The summed E-state index contributed by atoms with van der Waals surface area (Å²) in [6.45, 7) is 11.5. The van der Waals surface area contributed by atoms with Crippen LogP contribution in [0.3, 0.4) is 0 Å². The van der Waals surface area contributed by atoms with Gasteiger partial charge in [-0.2, -0.15) is 0 Å². The summed E-state index contributed by atoms with van der Waals surface area (Å²) in [6, 6.07) is 7.76. The Labute approximate surface area is 106 Å². The molecule has 17 heavy (non-hydrogen) atoms. The lowest BCUT2D eigenvalue weighted by atomic mass is 9.96. The molecule has 1 aromatic carbocycles. The van der Waals surface area contributed by atoms with Crippen molar-refractivity contribution in [1.82, 2.24) is 4.90 Å². The molecule has 0 radical (unpaired) electrons. The number of nitrogens with zero attached hydrogens (tertiary/aromatic N) is 1. The smallest absolute Gasteiger partial charge is 0.0239 e. The molecule has 0 unspecified atom stereocenters. The third-order valence-electron chi connectivity index (χ3n) is 3.89. The van der Waals surface area contributed by atoms with E-state index in [0.717, 1.165) is 6.54 Å². The summed E-state index contributed by atoms with van der Waals surface area (Å²) in [6.07, 6.45) is 2.54. The molecule has 1 heterocycles. The number of aryl methyl sites for hydroxylation is 1. The molecule has 1 aliphatic heterocycles. The van der Waals surface area contributed by atoms with Crippen molar-refractivity contribution in [2.24, 2.45) is 0 Å². The molecule has 0 aliphatic carbocycles. The van der Waals surface area contributed by atoms with Crippen molar-refractivity contribution in [2.75, 3.05) is 6.54 Å². The molecule has 94 valence electrons. The second-order valence-electron chi connectivity index (χ2n) is 5.85. The maximum absolute atomic E-state index is 2.59. The van der Waals surface area contributed by atoms with Gasteiger partial charge in [-0.3, -0.25) is 4.90 Å². The zero-order valence-electron chi connectivity index (χ0n) is 11.7. The minimum atomic E-state index is 0.635. The average molecular weight is 231 g/mol. The van der Waals surface area contributed by atoms with Crippen LogP contribution in [0.5, 0.6) is 0 Å². The predicted octanol–water partition coefficient (Wildman–Crippen LogP) is 3.97. The Morgan fingerprint density at radius 1 is 1.06 bits per heavy atom. The van der Waals surface area contributed by atoms with Crippen LogP contribution in [0.2, 0.25) is 0 Å². The maximum atomic E-state index is 2.59. The first-order valence-corrected chi connectivity index (χ1v) is 6.93. The summed E-state index contributed by atoms with van der Waals surface area (Å²) < 4.78 is 0. The van der Waals surface area contributed by atoms with Gasteiger partial charge in [-0.05, 0) is 55.8 Å². The van der Waals surface area contributed by atoms with Crippen molar-refractivity contribution in [3.05, 3.63) is 34.9 Å². The number of rotatable bonds is 2. The molecule has 0 amide bonds. The number of benzene rings is 1. The Hall–Kier alpha value is -0.820. The van der Waals surface area contributed by atoms with E-state index in [-0.39, 0.29) is 0 Å². The number of hydrogen-bond donors (Lipinski definition) is 0. The molecule has 2 rings (SSSR count). The first kappa shape index (κ1) is 12.6. The number of hydrogen-bond acceptors (Lipinski definition) is 1. The van der Waals surface area contributed by atoms with E-state index in [4.69, 9.17) is 0 Å². The largest absolute Gasteiger partial charge is 0.297 e. The Bertz CT molecular complexity index is 379. The van der Waals surface area contributed by atoms with Crippen LogP contribution in [0.25, 0.3) is 0 Å². The molecule has 1 aliphatic rings. The van der Waals surface area contributed by atoms with Gasteiger partial charge in [0.05, 0.1) is 0 Å². The van der Waals surface area contributed by atoms with Gasteiger partial charge in [-0.15, -0.1) is 0 Å². The van der Waals surface area contributed by atoms with E-state index < -0.39 is 0 Å². The molecular formula is C16H25N. The first-order chi connectivity index (χ1) is 8.08. The highest BCUT2D eigenvalue weighted by Crippen LogP contribution is 2.24. The van der Waals surface area contributed by atoms with Crippen molar-refractivity contribution >= 4 is 0 Å². The molecule has 0 fully saturated rings. The molecule has 0 saturated carbocycles. The van der Waals surface area contributed by atoms with Gasteiger partial charge >= 0.3 is 0 Å². The second kappa shape index (κ2) is 5.22. The van der Waals surface area contributed by atoms with Gasteiger partial charge in [0, 0.05) is 12.6 Å². The van der Waals surface area contributed by atoms with Crippen molar-refractivity contribution in [2.45, 2.75) is 59.0 Å². The van der Waals surface area contributed by atoms with Crippen molar-refractivity contribution < 1.29 is 0 Å². The third kappa shape index (κ3) is 2.90. The highest BCUT2D eigenvalue weighted by molar-refractivity contribution is 5.34. The van der Waals surface area contributed by atoms with Crippen LogP contribution in [0, 0.1) is 0 Å². The maximum Gasteiger partial charge on any atom is 0.0239 e. The second-order valence-corrected chi connectivity index (χ2v) is 5.85. The zero-order chi connectivity index (χ0) is 12.4. The molecule has 0 bridgehead atoms. The SMILES string of the molecule is CC(C)c1ccc2c(c1)CN(C(C)C)CCC2. The van der Waals surface area contributed by atoms with Gasteiger partial charge in [0.25, 0.3) is 0 Å². The average Bonchev–Trinajstić information content (AvgIpc) is 2.49. The van der Waals surface area contributed by atoms with E-state index in [1.165, 1.54) is 24.9 Å². The normalized spacial score (nSPS) is 17.3. The van der Waals surface area contributed by atoms with Crippen LogP contribution >= 0.6 is 0 Å².